The van der Waals surface area contributed by atoms with Crippen LogP contribution in [0, 0.1) is 31.6 Å². The van der Waals surface area contributed by atoms with Crippen LogP contribution in [0.3, 0.4) is 0 Å². The Bertz CT molecular complexity index is 1310. The average Bonchev–Trinajstić information content (AvgIpc) is 3.37. The minimum atomic E-state index is -3.72. The van der Waals surface area contributed by atoms with Crippen molar-refractivity contribution < 1.29 is 13.2 Å². The summed E-state index contributed by atoms with van der Waals surface area (Å²) >= 11 is 1.57. The van der Waals surface area contributed by atoms with Crippen LogP contribution in [0.15, 0.2) is 29.4 Å². The van der Waals surface area contributed by atoms with Crippen LogP contribution in [-0.2, 0) is 21.1 Å². The van der Waals surface area contributed by atoms with Crippen LogP contribution in [0.2, 0.25) is 0 Å². The number of methoxy groups -OCH3 is 1. The molecule has 9 heteroatoms. The molecule has 0 amide bonds. The molecule has 0 N–H and O–H groups in total. The molecule has 0 unspecified atom stereocenters. The Morgan fingerprint density at radius 1 is 1.03 bits per heavy atom. The highest BCUT2D eigenvalue weighted by atomic mass is 32.2. The average molecular weight is 499 g/mol. The van der Waals surface area contributed by atoms with E-state index in [2.05, 4.69) is 19.7 Å². The van der Waals surface area contributed by atoms with Crippen LogP contribution in [0.5, 0.6) is 5.75 Å². The highest BCUT2D eigenvalue weighted by molar-refractivity contribution is 7.90. The molecular formula is C25H30N4O3S2. The number of thiazole rings is 1. The Labute approximate surface area is 204 Å². The summed E-state index contributed by atoms with van der Waals surface area (Å²) in [5, 5.41) is 9.99. The van der Waals surface area contributed by atoms with E-state index >= 15 is 0 Å². The number of rotatable bonds is 6. The maximum atomic E-state index is 13.8. The van der Waals surface area contributed by atoms with Gasteiger partial charge in [0.25, 0.3) is 5.16 Å². The van der Waals surface area contributed by atoms with Gasteiger partial charge in [0.15, 0.2) is 5.82 Å². The SMILES string of the molecule is COc1ccc(CS(=O)(=O)c2nnc(-c3sc(C)nc3C)n2C23CC4CC(CC(C4)C2)C3)cc1. The number of aryl methyl sites for hydroxylation is 2. The predicted molar refractivity (Wildman–Crippen MR) is 131 cm³/mol. The summed E-state index contributed by atoms with van der Waals surface area (Å²) in [6.45, 7) is 3.96. The number of sulfone groups is 1. The summed E-state index contributed by atoms with van der Waals surface area (Å²) in [7, 11) is -2.12. The van der Waals surface area contributed by atoms with E-state index in [1.54, 1.807) is 42.7 Å². The normalized spacial score (nSPS) is 27.9. The van der Waals surface area contributed by atoms with E-state index in [0.29, 0.717) is 34.9 Å². The monoisotopic (exact) mass is 498 g/mol. The summed E-state index contributed by atoms with van der Waals surface area (Å²) in [5.74, 6) is 3.28. The molecule has 2 aromatic heterocycles. The topological polar surface area (TPSA) is 87.0 Å². The van der Waals surface area contributed by atoms with E-state index in [4.69, 9.17) is 4.74 Å². The molecule has 4 saturated carbocycles. The second kappa shape index (κ2) is 7.88. The third kappa shape index (κ3) is 3.59. The van der Waals surface area contributed by atoms with E-state index < -0.39 is 9.84 Å². The van der Waals surface area contributed by atoms with Gasteiger partial charge in [0.05, 0.1) is 28.4 Å². The van der Waals surface area contributed by atoms with Crippen LogP contribution in [0.4, 0.5) is 0 Å². The Hall–Kier alpha value is -2.26. The number of hydrogen-bond donors (Lipinski definition) is 0. The largest absolute Gasteiger partial charge is 0.497 e. The number of hydrogen-bond acceptors (Lipinski definition) is 7. The number of ether oxygens (including phenoxy) is 1. The molecule has 0 saturated heterocycles. The summed E-state index contributed by atoms with van der Waals surface area (Å²) in [4.78, 5) is 5.54. The summed E-state index contributed by atoms with van der Waals surface area (Å²) in [6.07, 6.45) is 6.90. The quantitative estimate of drug-likeness (QED) is 0.479. The van der Waals surface area contributed by atoms with E-state index in [1.807, 2.05) is 13.8 Å². The Kier molecular flexibility index (Phi) is 5.15. The lowest BCUT2D eigenvalue weighted by atomic mass is 9.53. The van der Waals surface area contributed by atoms with E-state index in [1.165, 1.54) is 19.3 Å². The minimum absolute atomic E-state index is 0.109. The van der Waals surface area contributed by atoms with Gasteiger partial charge in [-0.3, -0.25) is 4.57 Å². The standard InChI is InChI=1S/C25H30N4O3S2/c1-15-22(33-16(2)26-15)23-27-28-24(34(30,31)14-17-4-6-21(32-3)7-5-17)29(23)25-11-18-8-19(12-25)10-20(9-18)13-25/h4-7,18-20H,8-14H2,1-3H3. The molecule has 0 atom stereocenters. The molecule has 34 heavy (non-hydrogen) atoms. The highest BCUT2D eigenvalue weighted by Gasteiger charge is 2.54. The molecule has 7 nitrogen and oxygen atoms in total. The van der Waals surface area contributed by atoms with Crippen molar-refractivity contribution in [2.75, 3.05) is 7.11 Å². The first-order valence-corrected chi connectivity index (χ1v) is 14.5. The van der Waals surface area contributed by atoms with E-state index in [9.17, 15) is 8.42 Å². The van der Waals surface area contributed by atoms with Crippen LogP contribution >= 0.6 is 11.3 Å². The van der Waals surface area contributed by atoms with Crippen LogP contribution in [0.1, 0.15) is 54.8 Å². The first kappa shape index (κ1) is 22.2. The summed E-state index contributed by atoms with van der Waals surface area (Å²) in [5.41, 5.74) is 1.38. The molecular weight excluding hydrogens is 468 g/mol. The first-order valence-electron chi connectivity index (χ1n) is 12.0. The lowest BCUT2D eigenvalue weighted by molar-refractivity contribution is -0.0467. The van der Waals surface area contributed by atoms with Crippen molar-refractivity contribution in [3.63, 3.8) is 0 Å². The maximum absolute atomic E-state index is 13.8. The Morgan fingerprint density at radius 3 is 2.18 bits per heavy atom. The third-order valence-corrected chi connectivity index (χ3v) is 10.6. The van der Waals surface area contributed by atoms with Crippen LogP contribution in [-0.4, -0.2) is 35.3 Å². The van der Waals surface area contributed by atoms with Crippen molar-refractivity contribution in [2.45, 2.75) is 68.8 Å². The molecule has 4 fully saturated rings. The fourth-order valence-corrected chi connectivity index (χ4v) is 9.51. The Morgan fingerprint density at radius 2 is 1.65 bits per heavy atom. The zero-order chi connectivity index (χ0) is 23.7. The van der Waals surface area contributed by atoms with Gasteiger partial charge in [-0.05, 0) is 87.8 Å². The van der Waals surface area contributed by atoms with Crippen molar-refractivity contribution in [1.82, 2.24) is 19.7 Å². The minimum Gasteiger partial charge on any atom is -0.497 e. The maximum Gasteiger partial charge on any atom is 0.250 e. The van der Waals surface area contributed by atoms with Crippen molar-refractivity contribution in [2.24, 2.45) is 17.8 Å². The van der Waals surface area contributed by atoms with Gasteiger partial charge >= 0.3 is 0 Å². The second-order valence-corrected chi connectivity index (χ2v) is 13.6. The van der Waals surface area contributed by atoms with Gasteiger partial charge in [0, 0.05) is 5.54 Å². The lowest BCUT2D eigenvalue weighted by Crippen LogP contribution is -2.52. The molecule has 0 spiro atoms. The van der Waals surface area contributed by atoms with Crippen molar-refractivity contribution >= 4 is 21.2 Å². The molecule has 0 aliphatic heterocycles. The molecule has 7 rings (SSSR count). The van der Waals surface area contributed by atoms with E-state index in [-0.39, 0.29) is 16.4 Å². The summed E-state index contributed by atoms with van der Waals surface area (Å²) in [6, 6.07) is 7.20. The zero-order valence-electron chi connectivity index (χ0n) is 19.8. The number of nitrogens with zero attached hydrogens (tertiary/aromatic N) is 4. The van der Waals surface area contributed by atoms with Crippen molar-refractivity contribution in [3.8, 4) is 16.5 Å². The molecule has 4 bridgehead atoms. The fraction of sp³-hybridized carbons (Fsp3) is 0.560. The first-order chi connectivity index (χ1) is 16.3. The highest BCUT2D eigenvalue weighted by Crippen LogP contribution is 2.60. The lowest BCUT2D eigenvalue weighted by Gasteiger charge is -2.57. The van der Waals surface area contributed by atoms with E-state index in [0.717, 1.165) is 34.8 Å². The van der Waals surface area contributed by atoms with Gasteiger partial charge in [-0.15, -0.1) is 21.5 Å². The third-order valence-electron chi connectivity index (χ3n) is 8.01. The fourth-order valence-electron chi connectivity index (χ4n) is 7.13. The van der Waals surface area contributed by atoms with Crippen molar-refractivity contribution in [1.29, 1.82) is 0 Å². The predicted octanol–water partition coefficient (Wildman–Crippen LogP) is 4.93. The van der Waals surface area contributed by atoms with Crippen LogP contribution in [0.25, 0.3) is 10.7 Å². The molecule has 180 valence electrons. The van der Waals surface area contributed by atoms with Gasteiger partial charge in [-0.25, -0.2) is 13.4 Å². The number of benzene rings is 1. The van der Waals surface area contributed by atoms with Gasteiger partial charge in [0.2, 0.25) is 9.84 Å². The smallest absolute Gasteiger partial charge is 0.250 e. The molecule has 4 aliphatic rings. The Balaban J connectivity index is 1.48. The van der Waals surface area contributed by atoms with Gasteiger partial charge in [-0.2, -0.15) is 0 Å². The van der Waals surface area contributed by atoms with Crippen LogP contribution < -0.4 is 4.74 Å². The number of aromatic nitrogens is 4. The molecule has 1 aromatic carbocycles. The van der Waals surface area contributed by atoms with Crippen molar-refractivity contribution in [3.05, 3.63) is 40.5 Å². The van der Waals surface area contributed by atoms with Gasteiger partial charge in [-0.1, -0.05) is 12.1 Å². The van der Waals surface area contributed by atoms with Gasteiger partial charge < -0.3 is 4.74 Å². The molecule has 3 aromatic rings. The van der Waals surface area contributed by atoms with Gasteiger partial charge in [0.1, 0.15) is 5.75 Å². The molecule has 0 radical (unpaired) electrons. The molecule has 4 aliphatic carbocycles. The molecule has 2 heterocycles. The second-order valence-electron chi connectivity index (χ2n) is 10.5. The zero-order valence-corrected chi connectivity index (χ0v) is 21.5. The summed E-state index contributed by atoms with van der Waals surface area (Å²) < 4.78 is 35.0.